The van der Waals surface area contributed by atoms with Crippen molar-refractivity contribution in [3.63, 3.8) is 0 Å². The molecule has 0 radical (unpaired) electrons. The second-order valence-electron chi connectivity index (χ2n) is 1.85. The number of nitrogens with two attached hydrogens (primary N) is 1. The van der Waals surface area contributed by atoms with Crippen LogP contribution in [0.5, 0.6) is 0 Å². The Labute approximate surface area is 71.8 Å². The lowest BCUT2D eigenvalue weighted by Crippen LogP contribution is -1.85. The van der Waals surface area contributed by atoms with Gasteiger partial charge in [-0.25, -0.2) is 0 Å². The smallest absolute Gasteiger partial charge is 0.203 e. The molecule has 1 aromatic heterocycles. The molecule has 3 nitrogen and oxygen atoms in total. The standard InChI is InChI=1S/C5H8BrN3S/c1-2-3(6)4-8-9-5(7)10-4/h3H,2H2,1H3,(H2,7,9). The number of alkyl halides is 1. The first-order chi connectivity index (χ1) is 4.74. The van der Waals surface area contributed by atoms with E-state index < -0.39 is 0 Å². The quantitative estimate of drug-likeness (QED) is 0.778. The molecule has 1 atom stereocenters. The maximum atomic E-state index is 5.40. The topological polar surface area (TPSA) is 51.8 Å². The molecule has 2 N–H and O–H groups in total. The maximum absolute atomic E-state index is 5.40. The van der Waals surface area contributed by atoms with Gasteiger partial charge >= 0.3 is 0 Å². The summed E-state index contributed by atoms with van der Waals surface area (Å²) in [5.41, 5.74) is 5.40. The van der Waals surface area contributed by atoms with Crippen LogP contribution in [-0.4, -0.2) is 10.2 Å². The highest BCUT2D eigenvalue weighted by molar-refractivity contribution is 9.09. The van der Waals surface area contributed by atoms with Gasteiger partial charge in [-0.3, -0.25) is 0 Å². The summed E-state index contributed by atoms with van der Waals surface area (Å²) in [7, 11) is 0. The van der Waals surface area contributed by atoms with E-state index in [1.165, 1.54) is 11.3 Å². The third-order valence-electron chi connectivity index (χ3n) is 1.08. The Morgan fingerprint density at radius 2 is 2.40 bits per heavy atom. The van der Waals surface area contributed by atoms with Gasteiger partial charge in [-0.1, -0.05) is 34.2 Å². The number of aromatic nitrogens is 2. The predicted octanol–water partition coefficient (Wildman–Crippen LogP) is 1.97. The van der Waals surface area contributed by atoms with E-state index in [0.717, 1.165) is 11.4 Å². The molecule has 0 saturated heterocycles. The average Bonchev–Trinajstić information content (AvgIpc) is 2.34. The van der Waals surface area contributed by atoms with Gasteiger partial charge in [0, 0.05) is 0 Å². The molecule has 0 spiro atoms. The van der Waals surface area contributed by atoms with E-state index in [1.54, 1.807) is 0 Å². The van der Waals surface area contributed by atoms with E-state index in [4.69, 9.17) is 5.73 Å². The van der Waals surface area contributed by atoms with Crippen molar-refractivity contribution in [2.75, 3.05) is 5.73 Å². The van der Waals surface area contributed by atoms with Crippen molar-refractivity contribution in [2.24, 2.45) is 0 Å². The molecule has 0 saturated carbocycles. The van der Waals surface area contributed by atoms with Gasteiger partial charge in [0.2, 0.25) is 5.13 Å². The predicted molar refractivity (Wildman–Crippen MR) is 46.3 cm³/mol. The van der Waals surface area contributed by atoms with Crippen molar-refractivity contribution in [1.82, 2.24) is 10.2 Å². The van der Waals surface area contributed by atoms with Crippen molar-refractivity contribution in [3.05, 3.63) is 5.01 Å². The number of rotatable bonds is 2. The minimum absolute atomic E-state index is 0.308. The number of nitrogen functional groups attached to an aromatic ring is 1. The van der Waals surface area contributed by atoms with Gasteiger partial charge in [0.1, 0.15) is 5.01 Å². The van der Waals surface area contributed by atoms with Crippen molar-refractivity contribution >= 4 is 32.4 Å². The number of hydrogen-bond acceptors (Lipinski definition) is 4. The summed E-state index contributed by atoms with van der Waals surface area (Å²) in [5, 5.41) is 9.08. The maximum Gasteiger partial charge on any atom is 0.203 e. The molecule has 1 heterocycles. The summed E-state index contributed by atoms with van der Waals surface area (Å²) >= 11 is 4.88. The summed E-state index contributed by atoms with van der Waals surface area (Å²) in [6.45, 7) is 2.08. The van der Waals surface area contributed by atoms with Crippen LogP contribution < -0.4 is 5.73 Å². The Hall–Kier alpha value is -0.160. The molecule has 1 rings (SSSR count). The van der Waals surface area contributed by atoms with Crippen LogP contribution in [0.25, 0.3) is 0 Å². The Kier molecular flexibility index (Phi) is 2.62. The van der Waals surface area contributed by atoms with Gasteiger partial charge in [-0.05, 0) is 6.42 Å². The van der Waals surface area contributed by atoms with E-state index >= 15 is 0 Å². The third-order valence-corrected chi connectivity index (χ3v) is 3.33. The number of hydrogen-bond donors (Lipinski definition) is 1. The summed E-state index contributed by atoms with van der Waals surface area (Å²) < 4.78 is 0. The fourth-order valence-corrected chi connectivity index (χ4v) is 1.59. The summed E-state index contributed by atoms with van der Waals surface area (Å²) in [4.78, 5) is 0.308. The molecule has 56 valence electrons. The van der Waals surface area contributed by atoms with Crippen LogP contribution in [0.4, 0.5) is 5.13 Å². The largest absolute Gasteiger partial charge is 0.374 e. The van der Waals surface area contributed by atoms with Gasteiger partial charge in [0.05, 0.1) is 4.83 Å². The molecule has 0 aliphatic heterocycles. The van der Waals surface area contributed by atoms with Crippen LogP contribution in [0.3, 0.4) is 0 Å². The average molecular weight is 222 g/mol. The molecule has 5 heteroatoms. The summed E-state index contributed by atoms with van der Waals surface area (Å²) in [6.07, 6.45) is 1.01. The Morgan fingerprint density at radius 3 is 2.80 bits per heavy atom. The minimum atomic E-state index is 0.308. The van der Waals surface area contributed by atoms with Crippen LogP contribution in [0, 0.1) is 0 Å². The first kappa shape index (κ1) is 7.94. The molecular weight excluding hydrogens is 214 g/mol. The first-order valence-corrected chi connectivity index (χ1v) is 4.70. The van der Waals surface area contributed by atoms with Crippen LogP contribution in [0.2, 0.25) is 0 Å². The molecule has 1 unspecified atom stereocenters. The van der Waals surface area contributed by atoms with E-state index in [2.05, 4.69) is 33.1 Å². The van der Waals surface area contributed by atoms with Crippen molar-refractivity contribution in [3.8, 4) is 0 Å². The van der Waals surface area contributed by atoms with Crippen molar-refractivity contribution < 1.29 is 0 Å². The van der Waals surface area contributed by atoms with E-state index in [-0.39, 0.29) is 0 Å². The zero-order valence-corrected chi connectivity index (χ0v) is 7.94. The SMILES string of the molecule is CCC(Br)c1nnc(N)s1. The molecule has 0 aliphatic carbocycles. The number of halogens is 1. The third kappa shape index (κ3) is 1.67. The highest BCUT2D eigenvalue weighted by Gasteiger charge is 2.09. The lowest BCUT2D eigenvalue weighted by molar-refractivity contribution is 0.871. The molecule has 0 amide bonds. The van der Waals surface area contributed by atoms with Crippen LogP contribution in [0.1, 0.15) is 23.2 Å². The fourth-order valence-electron chi connectivity index (χ4n) is 0.548. The van der Waals surface area contributed by atoms with Gasteiger partial charge in [0.15, 0.2) is 0 Å². The Bertz CT molecular complexity index is 212. The zero-order valence-electron chi connectivity index (χ0n) is 5.54. The molecule has 0 bridgehead atoms. The fraction of sp³-hybridized carbons (Fsp3) is 0.600. The summed E-state index contributed by atoms with van der Waals surface area (Å²) in [6, 6.07) is 0. The highest BCUT2D eigenvalue weighted by Crippen LogP contribution is 2.28. The Balaban J connectivity index is 2.74. The van der Waals surface area contributed by atoms with E-state index in [9.17, 15) is 0 Å². The van der Waals surface area contributed by atoms with Gasteiger partial charge in [-0.2, -0.15) is 0 Å². The number of nitrogens with zero attached hydrogens (tertiary/aromatic N) is 2. The Morgan fingerprint density at radius 1 is 1.70 bits per heavy atom. The molecular formula is C5H8BrN3S. The highest BCUT2D eigenvalue weighted by atomic mass is 79.9. The van der Waals surface area contributed by atoms with Crippen molar-refractivity contribution in [2.45, 2.75) is 18.2 Å². The minimum Gasteiger partial charge on any atom is -0.374 e. The van der Waals surface area contributed by atoms with Gasteiger partial charge in [-0.15, -0.1) is 10.2 Å². The van der Waals surface area contributed by atoms with Crippen LogP contribution in [0.15, 0.2) is 0 Å². The normalized spacial score (nSPS) is 13.4. The zero-order chi connectivity index (χ0) is 7.56. The summed E-state index contributed by atoms with van der Waals surface area (Å²) in [5.74, 6) is 0. The molecule has 0 aromatic carbocycles. The van der Waals surface area contributed by atoms with Gasteiger partial charge < -0.3 is 5.73 Å². The van der Waals surface area contributed by atoms with Gasteiger partial charge in [0.25, 0.3) is 0 Å². The lowest BCUT2D eigenvalue weighted by Gasteiger charge is -1.97. The molecule has 0 fully saturated rings. The molecule has 10 heavy (non-hydrogen) atoms. The lowest BCUT2D eigenvalue weighted by atomic mass is 10.4. The number of anilines is 1. The second kappa shape index (κ2) is 3.30. The monoisotopic (exact) mass is 221 g/mol. The molecule has 1 aromatic rings. The van der Waals surface area contributed by atoms with E-state index in [0.29, 0.717) is 9.96 Å². The molecule has 0 aliphatic rings. The second-order valence-corrected chi connectivity index (χ2v) is 4.00. The first-order valence-electron chi connectivity index (χ1n) is 2.97. The van der Waals surface area contributed by atoms with E-state index in [1.807, 2.05) is 0 Å². The van der Waals surface area contributed by atoms with Crippen LogP contribution in [-0.2, 0) is 0 Å². The van der Waals surface area contributed by atoms with Crippen LogP contribution >= 0.6 is 27.3 Å². The van der Waals surface area contributed by atoms with Crippen molar-refractivity contribution in [1.29, 1.82) is 0 Å².